The van der Waals surface area contributed by atoms with E-state index in [1.54, 1.807) is 11.8 Å². The fourth-order valence-corrected chi connectivity index (χ4v) is 2.44. The van der Waals surface area contributed by atoms with Crippen molar-refractivity contribution in [2.75, 3.05) is 11.5 Å². The lowest BCUT2D eigenvalue weighted by molar-refractivity contribution is -0.137. The van der Waals surface area contributed by atoms with Gasteiger partial charge in [-0.05, 0) is 19.3 Å². The van der Waals surface area contributed by atoms with E-state index in [1.807, 2.05) is 24.3 Å². The van der Waals surface area contributed by atoms with E-state index in [0.29, 0.717) is 6.42 Å². The fraction of sp³-hybridized carbons (Fsp3) is 0.611. The topological polar surface area (TPSA) is 57.5 Å². The van der Waals surface area contributed by atoms with E-state index in [1.165, 1.54) is 12.8 Å². The molecular formula is C18H30O3S. The van der Waals surface area contributed by atoms with Crippen molar-refractivity contribution in [1.82, 2.24) is 0 Å². The Balaban J connectivity index is 3.46. The molecule has 2 N–H and O–H groups in total. The second-order valence-electron chi connectivity index (χ2n) is 5.17. The number of carboxylic acids is 1. The van der Waals surface area contributed by atoms with E-state index in [2.05, 4.69) is 19.1 Å². The van der Waals surface area contributed by atoms with Crippen molar-refractivity contribution in [1.29, 1.82) is 0 Å². The Labute approximate surface area is 139 Å². The Morgan fingerprint density at radius 1 is 1.09 bits per heavy atom. The van der Waals surface area contributed by atoms with Crippen LogP contribution in [0.5, 0.6) is 0 Å². The van der Waals surface area contributed by atoms with Gasteiger partial charge in [0.1, 0.15) is 0 Å². The number of unbranched alkanes of at least 4 members (excludes halogenated alkanes) is 3. The highest BCUT2D eigenvalue weighted by molar-refractivity contribution is 7.99. The number of hydrogen-bond donors (Lipinski definition) is 2. The molecule has 0 amide bonds. The zero-order chi connectivity index (χ0) is 16.5. The molecule has 0 spiro atoms. The van der Waals surface area contributed by atoms with Crippen LogP contribution in [0, 0.1) is 0 Å². The molecule has 3 nitrogen and oxygen atoms in total. The predicted octanol–water partition coefficient (Wildman–Crippen LogP) is 4.58. The highest BCUT2D eigenvalue weighted by Crippen LogP contribution is 2.05. The molecule has 1 atom stereocenters. The first-order valence-electron chi connectivity index (χ1n) is 8.12. The second-order valence-corrected chi connectivity index (χ2v) is 6.25. The highest BCUT2D eigenvalue weighted by atomic mass is 32.2. The highest BCUT2D eigenvalue weighted by Gasteiger charge is 1.96. The summed E-state index contributed by atoms with van der Waals surface area (Å²) in [6.07, 6.45) is 17.7. The number of rotatable bonds is 14. The number of aliphatic hydroxyl groups is 1. The summed E-state index contributed by atoms with van der Waals surface area (Å²) in [4.78, 5) is 10.3. The van der Waals surface area contributed by atoms with Crippen LogP contribution in [0.2, 0.25) is 0 Å². The van der Waals surface area contributed by atoms with Crippen molar-refractivity contribution < 1.29 is 15.0 Å². The molecule has 126 valence electrons. The number of allylic oxidation sites excluding steroid dienone is 3. The van der Waals surface area contributed by atoms with Gasteiger partial charge in [-0.15, -0.1) is 0 Å². The zero-order valence-corrected chi connectivity index (χ0v) is 14.4. The van der Waals surface area contributed by atoms with Gasteiger partial charge in [0.15, 0.2) is 0 Å². The molecule has 0 aliphatic heterocycles. The van der Waals surface area contributed by atoms with Gasteiger partial charge in [-0.1, -0.05) is 62.6 Å². The van der Waals surface area contributed by atoms with Crippen molar-refractivity contribution in [3.63, 3.8) is 0 Å². The van der Waals surface area contributed by atoms with E-state index in [9.17, 15) is 9.90 Å². The molecule has 1 unspecified atom stereocenters. The molecule has 0 saturated carbocycles. The van der Waals surface area contributed by atoms with Gasteiger partial charge < -0.3 is 10.2 Å². The normalized spacial score (nSPS) is 13.5. The number of aliphatic hydroxyl groups excluding tert-OH is 1. The summed E-state index contributed by atoms with van der Waals surface area (Å²) in [6.45, 7) is 2.16. The molecule has 0 aromatic rings. The van der Waals surface area contributed by atoms with E-state index in [-0.39, 0.29) is 12.5 Å². The van der Waals surface area contributed by atoms with Gasteiger partial charge in [0.05, 0.1) is 6.10 Å². The summed E-state index contributed by atoms with van der Waals surface area (Å²) in [5.41, 5.74) is 0. The van der Waals surface area contributed by atoms with Crippen LogP contribution >= 0.6 is 11.8 Å². The molecule has 0 rings (SSSR count). The first-order valence-corrected chi connectivity index (χ1v) is 9.28. The Morgan fingerprint density at radius 3 is 2.59 bits per heavy atom. The van der Waals surface area contributed by atoms with Crippen LogP contribution in [0.25, 0.3) is 0 Å². The van der Waals surface area contributed by atoms with E-state index >= 15 is 0 Å². The summed E-state index contributed by atoms with van der Waals surface area (Å²) in [5.74, 6) is 1.16. The third-order valence-electron chi connectivity index (χ3n) is 3.04. The Kier molecular flexibility index (Phi) is 15.6. The lowest BCUT2D eigenvalue weighted by Crippen LogP contribution is -2.00. The Morgan fingerprint density at radius 2 is 1.86 bits per heavy atom. The van der Waals surface area contributed by atoms with Crippen molar-refractivity contribution in [3.8, 4) is 0 Å². The zero-order valence-electron chi connectivity index (χ0n) is 13.6. The lowest BCUT2D eigenvalue weighted by atomic mass is 10.1. The molecule has 0 heterocycles. The van der Waals surface area contributed by atoms with Gasteiger partial charge in [-0.2, -0.15) is 11.8 Å². The minimum atomic E-state index is -0.726. The van der Waals surface area contributed by atoms with E-state index < -0.39 is 5.97 Å². The smallest absolute Gasteiger partial charge is 0.303 e. The van der Waals surface area contributed by atoms with Crippen molar-refractivity contribution in [2.45, 2.75) is 58.0 Å². The molecule has 0 aliphatic carbocycles. The maximum absolute atomic E-state index is 10.3. The standard InChI is InChI=1S/C18H30O3S/c1-2-3-7-12-17(19)13-8-6-11-16-22-15-10-5-4-9-14-18(20)21/h5-6,8,10-11,13,17,19H,2-4,7,9,12,14-16H2,1H3,(H,20,21)/b10-5+,11-6+,13-8+. The molecule has 0 aliphatic rings. The molecule has 0 radical (unpaired) electrons. The maximum atomic E-state index is 10.3. The van der Waals surface area contributed by atoms with Crippen LogP contribution in [0.1, 0.15) is 51.9 Å². The number of carbonyl (C=O) groups is 1. The average molecular weight is 327 g/mol. The molecular weight excluding hydrogens is 296 g/mol. The van der Waals surface area contributed by atoms with E-state index in [4.69, 9.17) is 5.11 Å². The number of carboxylic acid groups (broad SMARTS) is 1. The Bertz CT molecular complexity index is 348. The van der Waals surface area contributed by atoms with Crippen LogP contribution < -0.4 is 0 Å². The fourth-order valence-electron chi connectivity index (χ4n) is 1.79. The third kappa shape index (κ3) is 17.1. The van der Waals surface area contributed by atoms with Gasteiger partial charge in [-0.25, -0.2) is 0 Å². The third-order valence-corrected chi connectivity index (χ3v) is 3.90. The van der Waals surface area contributed by atoms with Gasteiger partial charge in [0.2, 0.25) is 0 Å². The largest absolute Gasteiger partial charge is 0.481 e. The van der Waals surface area contributed by atoms with Crippen LogP contribution in [0.15, 0.2) is 36.5 Å². The van der Waals surface area contributed by atoms with Crippen LogP contribution in [0.4, 0.5) is 0 Å². The summed E-state index contributed by atoms with van der Waals surface area (Å²) >= 11 is 1.81. The summed E-state index contributed by atoms with van der Waals surface area (Å²) < 4.78 is 0. The van der Waals surface area contributed by atoms with Gasteiger partial charge in [0.25, 0.3) is 0 Å². The van der Waals surface area contributed by atoms with Crippen molar-refractivity contribution in [3.05, 3.63) is 36.5 Å². The number of aliphatic carboxylic acids is 1. The molecule has 0 aromatic heterocycles. The summed E-state index contributed by atoms with van der Waals surface area (Å²) in [7, 11) is 0. The summed E-state index contributed by atoms with van der Waals surface area (Å²) in [5, 5.41) is 18.2. The van der Waals surface area contributed by atoms with Gasteiger partial charge in [0, 0.05) is 17.9 Å². The van der Waals surface area contributed by atoms with Gasteiger partial charge >= 0.3 is 5.97 Å². The SMILES string of the molecule is CCCCCC(O)/C=C/C=C/CSC/C=C/CCCC(=O)O. The molecule has 22 heavy (non-hydrogen) atoms. The minimum absolute atomic E-state index is 0.247. The molecule has 0 saturated heterocycles. The second kappa shape index (κ2) is 16.4. The molecule has 0 bridgehead atoms. The monoisotopic (exact) mass is 326 g/mol. The van der Waals surface area contributed by atoms with Crippen LogP contribution in [-0.2, 0) is 4.79 Å². The number of hydrogen-bond acceptors (Lipinski definition) is 3. The molecule has 0 aromatic carbocycles. The van der Waals surface area contributed by atoms with Crippen LogP contribution in [0.3, 0.4) is 0 Å². The molecule has 0 fully saturated rings. The maximum Gasteiger partial charge on any atom is 0.303 e. The average Bonchev–Trinajstić information content (AvgIpc) is 2.48. The van der Waals surface area contributed by atoms with Gasteiger partial charge in [-0.3, -0.25) is 4.79 Å². The van der Waals surface area contributed by atoms with Crippen molar-refractivity contribution in [2.24, 2.45) is 0 Å². The first kappa shape index (κ1) is 21.0. The number of thioether (sulfide) groups is 1. The Hall–Kier alpha value is -1.00. The quantitative estimate of drug-likeness (QED) is 0.278. The van der Waals surface area contributed by atoms with E-state index in [0.717, 1.165) is 30.8 Å². The lowest BCUT2D eigenvalue weighted by Gasteiger charge is -2.02. The summed E-state index contributed by atoms with van der Waals surface area (Å²) in [6, 6.07) is 0. The van der Waals surface area contributed by atoms with Crippen LogP contribution in [-0.4, -0.2) is 33.8 Å². The minimum Gasteiger partial charge on any atom is -0.481 e. The molecule has 4 heteroatoms. The van der Waals surface area contributed by atoms with Crippen molar-refractivity contribution >= 4 is 17.7 Å². The first-order chi connectivity index (χ1) is 10.7. The predicted molar refractivity (Wildman–Crippen MR) is 96.4 cm³/mol.